The molecule has 0 unspecified atom stereocenters. The third-order valence-corrected chi connectivity index (χ3v) is 3.37. The van der Waals surface area contributed by atoms with Crippen LogP contribution in [0.3, 0.4) is 0 Å². The molecule has 0 aliphatic heterocycles. The fraction of sp³-hybridized carbons (Fsp3) is 0.455. The molecule has 2 N–H and O–H groups in total. The summed E-state index contributed by atoms with van der Waals surface area (Å²) in [5.74, 6) is 1.62. The molecule has 0 spiro atoms. The van der Waals surface area contributed by atoms with Gasteiger partial charge >= 0.3 is 0 Å². The van der Waals surface area contributed by atoms with E-state index in [0.717, 1.165) is 34.4 Å². The van der Waals surface area contributed by atoms with Crippen LogP contribution >= 0.6 is 15.9 Å². The zero-order valence-corrected chi connectivity index (χ0v) is 10.4. The van der Waals surface area contributed by atoms with Gasteiger partial charge in [-0.1, -0.05) is 0 Å². The van der Waals surface area contributed by atoms with Crippen molar-refractivity contribution in [1.29, 1.82) is 0 Å². The lowest BCUT2D eigenvalue weighted by Gasteiger charge is -2.17. The molecule has 0 heterocycles. The Kier molecular flexibility index (Phi) is 2.64. The maximum Gasteiger partial charge on any atom is 0.138 e. The molecule has 82 valence electrons. The van der Waals surface area contributed by atoms with Crippen molar-refractivity contribution in [2.75, 3.05) is 14.2 Å². The van der Waals surface area contributed by atoms with Crippen molar-refractivity contribution in [3.05, 3.63) is 22.2 Å². The Balaban J connectivity index is 2.53. The first-order valence-corrected chi connectivity index (χ1v) is 5.61. The molecule has 0 saturated heterocycles. The summed E-state index contributed by atoms with van der Waals surface area (Å²) in [7, 11) is 3.30. The van der Waals surface area contributed by atoms with Crippen LogP contribution in [-0.2, 0) is 5.54 Å². The third-order valence-electron chi connectivity index (χ3n) is 2.78. The van der Waals surface area contributed by atoms with Crippen molar-refractivity contribution in [3.8, 4) is 11.5 Å². The Bertz CT molecular complexity index is 388. The highest BCUT2D eigenvalue weighted by atomic mass is 79.9. The molecule has 0 atom stereocenters. The van der Waals surface area contributed by atoms with E-state index < -0.39 is 0 Å². The van der Waals surface area contributed by atoms with E-state index in [2.05, 4.69) is 15.9 Å². The first-order chi connectivity index (χ1) is 7.10. The molecule has 0 amide bonds. The van der Waals surface area contributed by atoms with E-state index in [4.69, 9.17) is 15.2 Å². The molecule has 1 saturated carbocycles. The molecule has 1 aromatic carbocycles. The minimum Gasteiger partial charge on any atom is -0.497 e. The molecule has 1 fully saturated rings. The van der Waals surface area contributed by atoms with E-state index in [-0.39, 0.29) is 5.54 Å². The fourth-order valence-electron chi connectivity index (χ4n) is 1.67. The predicted octanol–water partition coefficient (Wildman–Crippen LogP) is 2.41. The number of ether oxygens (including phenoxy) is 2. The molecular formula is C11H14BrNO2. The highest BCUT2D eigenvalue weighted by Crippen LogP contribution is 2.49. The van der Waals surface area contributed by atoms with E-state index in [0.29, 0.717) is 0 Å². The summed E-state index contributed by atoms with van der Waals surface area (Å²) in [6.07, 6.45) is 2.01. The standard InChI is InChI=1S/C11H14BrNO2/c1-14-7-5-8(11(13)3-4-11)10(15-2)9(12)6-7/h5-6H,3-4,13H2,1-2H3. The number of rotatable bonds is 3. The second-order valence-corrected chi connectivity index (χ2v) is 4.70. The number of halogens is 1. The van der Waals surface area contributed by atoms with Crippen LogP contribution in [0.25, 0.3) is 0 Å². The van der Waals surface area contributed by atoms with E-state index in [1.165, 1.54) is 0 Å². The second-order valence-electron chi connectivity index (χ2n) is 3.85. The second kappa shape index (κ2) is 3.68. The Morgan fingerprint density at radius 3 is 2.40 bits per heavy atom. The molecule has 1 aliphatic carbocycles. The fourth-order valence-corrected chi connectivity index (χ4v) is 2.27. The first kappa shape index (κ1) is 10.8. The molecule has 15 heavy (non-hydrogen) atoms. The van der Waals surface area contributed by atoms with Crippen LogP contribution < -0.4 is 15.2 Å². The molecule has 3 nitrogen and oxygen atoms in total. The van der Waals surface area contributed by atoms with Gasteiger partial charge in [0.25, 0.3) is 0 Å². The van der Waals surface area contributed by atoms with E-state index in [1.807, 2.05) is 12.1 Å². The van der Waals surface area contributed by atoms with Crippen LogP contribution in [0.5, 0.6) is 11.5 Å². The van der Waals surface area contributed by atoms with Crippen LogP contribution in [0, 0.1) is 0 Å². The summed E-state index contributed by atoms with van der Waals surface area (Å²) < 4.78 is 11.5. The average Bonchev–Trinajstić information content (AvgIpc) is 2.96. The smallest absolute Gasteiger partial charge is 0.138 e. The van der Waals surface area contributed by atoms with Crippen molar-refractivity contribution in [1.82, 2.24) is 0 Å². The van der Waals surface area contributed by atoms with Gasteiger partial charge < -0.3 is 15.2 Å². The summed E-state index contributed by atoms with van der Waals surface area (Å²) in [5, 5.41) is 0. The van der Waals surface area contributed by atoms with Crippen molar-refractivity contribution >= 4 is 15.9 Å². The normalized spacial score (nSPS) is 17.3. The van der Waals surface area contributed by atoms with Crippen molar-refractivity contribution in [3.63, 3.8) is 0 Å². The number of hydrogen-bond donors (Lipinski definition) is 1. The molecule has 4 heteroatoms. The molecule has 0 aromatic heterocycles. The monoisotopic (exact) mass is 271 g/mol. The van der Waals surface area contributed by atoms with Crippen molar-refractivity contribution in [2.24, 2.45) is 5.73 Å². The summed E-state index contributed by atoms with van der Waals surface area (Å²) in [6.45, 7) is 0. The lowest BCUT2D eigenvalue weighted by Crippen LogP contribution is -2.19. The third kappa shape index (κ3) is 1.84. The lowest BCUT2D eigenvalue weighted by atomic mass is 10.0. The number of methoxy groups -OCH3 is 2. The maximum atomic E-state index is 6.18. The van der Waals surface area contributed by atoms with Gasteiger partial charge in [0.1, 0.15) is 11.5 Å². The van der Waals surface area contributed by atoms with Gasteiger partial charge in [0, 0.05) is 11.1 Å². The minimum atomic E-state index is -0.220. The summed E-state index contributed by atoms with van der Waals surface area (Å²) >= 11 is 3.46. The van der Waals surface area contributed by atoms with Gasteiger partial charge in [-0.05, 0) is 40.9 Å². The van der Waals surface area contributed by atoms with Gasteiger partial charge in [-0.15, -0.1) is 0 Å². The molecule has 1 aliphatic rings. The maximum absolute atomic E-state index is 6.18. The molecule has 0 bridgehead atoms. The van der Waals surface area contributed by atoms with Gasteiger partial charge in [0.2, 0.25) is 0 Å². The summed E-state index contributed by atoms with van der Waals surface area (Å²) in [5.41, 5.74) is 6.98. The molecule has 2 rings (SSSR count). The zero-order chi connectivity index (χ0) is 11.1. The Labute approximate surface area is 97.7 Å². The van der Waals surface area contributed by atoms with Crippen molar-refractivity contribution in [2.45, 2.75) is 18.4 Å². The van der Waals surface area contributed by atoms with Crippen molar-refractivity contribution < 1.29 is 9.47 Å². The Hall–Kier alpha value is -0.740. The molecular weight excluding hydrogens is 258 g/mol. The Morgan fingerprint density at radius 2 is 1.93 bits per heavy atom. The molecule has 1 aromatic rings. The lowest BCUT2D eigenvalue weighted by molar-refractivity contribution is 0.391. The van der Waals surface area contributed by atoms with Gasteiger partial charge in [-0.3, -0.25) is 0 Å². The van der Waals surface area contributed by atoms with Crippen LogP contribution in [0.2, 0.25) is 0 Å². The minimum absolute atomic E-state index is 0.220. The zero-order valence-electron chi connectivity index (χ0n) is 8.84. The SMILES string of the molecule is COc1cc(Br)c(OC)c(C2(N)CC2)c1. The highest BCUT2D eigenvalue weighted by Gasteiger charge is 2.43. The summed E-state index contributed by atoms with van der Waals surface area (Å²) in [6, 6.07) is 3.84. The van der Waals surface area contributed by atoms with Crippen LogP contribution in [0.1, 0.15) is 18.4 Å². The van der Waals surface area contributed by atoms with Gasteiger partial charge in [-0.25, -0.2) is 0 Å². The van der Waals surface area contributed by atoms with Crippen LogP contribution in [0.15, 0.2) is 16.6 Å². The van der Waals surface area contributed by atoms with Gasteiger partial charge in [-0.2, -0.15) is 0 Å². The van der Waals surface area contributed by atoms with Gasteiger partial charge in [0.15, 0.2) is 0 Å². The number of benzene rings is 1. The summed E-state index contributed by atoms with van der Waals surface area (Å²) in [4.78, 5) is 0. The Morgan fingerprint density at radius 1 is 1.27 bits per heavy atom. The average molecular weight is 272 g/mol. The first-order valence-electron chi connectivity index (χ1n) is 4.81. The quantitative estimate of drug-likeness (QED) is 0.919. The largest absolute Gasteiger partial charge is 0.497 e. The van der Waals surface area contributed by atoms with Gasteiger partial charge in [0.05, 0.1) is 18.7 Å². The van der Waals surface area contributed by atoms with Crippen LogP contribution in [0.4, 0.5) is 0 Å². The van der Waals surface area contributed by atoms with E-state index in [9.17, 15) is 0 Å². The molecule has 0 radical (unpaired) electrons. The topological polar surface area (TPSA) is 44.5 Å². The van der Waals surface area contributed by atoms with Crippen LogP contribution in [-0.4, -0.2) is 14.2 Å². The predicted molar refractivity (Wildman–Crippen MR) is 62.3 cm³/mol. The number of nitrogens with two attached hydrogens (primary N) is 1. The van der Waals surface area contributed by atoms with E-state index >= 15 is 0 Å². The highest BCUT2D eigenvalue weighted by molar-refractivity contribution is 9.10. The van der Waals surface area contributed by atoms with E-state index in [1.54, 1.807) is 14.2 Å². The number of hydrogen-bond acceptors (Lipinski definition) is 3.